The fourth-order valence-electron chi connectivity index (χ4n) is 4.71. The van der Waals surface area contributed by atoms with Gasteiger partial charge in [0.25, 0.3) is 0 Å². The van der Waals surface area contributed by atoms with Crippen molar-refractivity contribution in [3.05, 3.63) is 83.0 Å². The van der Waals surface area contributed by atoms with E-state index in [-0.39, 0.29) is 12.2 Å². The monoisotopic (exact) mass is 490 g/mol. The largest absolute Gasteiger partial charge is 0.748 e. The number of rotatable bonds is 6. The van der Waals surface area contributed by atoms with Gasteiger partial charge in [-0.15, -0.1) is 0 Å². The van der Waals surface area contributed by atoms with E-state index < -0.39 is 10.1 Å². The standard InChI is InChI=1S/C27H26N2O3S2/c1-3-28-25-17-19(2)22-10-5-6-11-23(22)27(25)33-26(28)18-21-14-13-20-9-4-7-12-24(20)29(21)15-8-16-34(30,31)32/h4-7,9-14,17-18H,3,8,15-16H2,1-2H3. The summed E-state index contributed by atoms with van der Waals surface area (Å²) in [6.07, 6.45) is 2.45. The van der Waals surface area contributed by atoms with Gasteiger partial charge in [0.05, 0.1) is 20.8 Å². The molecule has 3 aromatic carbocycles. The van der Waals surface area contributed by atoms with Crippen molar-refractivity contribution in [3.8, 4) is 0 Å². The van der Waals surface area contributed by atoms with Crippen LogP contribution in [0.4, 0.5) is 5.69 Å². The lowest BCUT2D eigenvalue weighted by molar-refractivity contribution is -0.673. The highest BCUT2D eigenvalue weighted by Gasteiger charge is 2.28. The average Bonchev–Trinajstić information content (AvgIpc) is 3.16. The van der Waals surface area contributed by atoms with E-state index in [9.17, 15) is 13.0 Å². The van der Waals surface area contributed by atoms with E-state index in [1.165, 1.54) is 26.9 Å². The molecule has 0 amide bonds. The second-order valence-electron chi connectivity index (χ2n) is 8.50. The summed E-state index contributed by atoms with van der Waals surface area (Å²) in [7, 11) is -4.25. The van der Waals surface area contributed by atoms with Gasteiger partial charge in [0.1, 0.15) is 0 Å². The van der Waals surface area contributed by atoms with E-state index in [4.69, 9.17) is 0 Å². The van der Waals surface area contributed by atoms with Crippen LogP contribution in [0.15, 0.2) is 76.7 Å². The van der Waals surface area contributed by atoms with Gasteiger partial charge < -0.3 is 9.45 Å². The van der Waals surface area contributed by atoms with Gasteiger partial charge in [0, 0.05) is 47.2 Å². The van der Waals surface area contributed by atoms with Crippen molar-refractivity contribution in [3.63, 3.8) is 0 Å². The molecule has 7 heteroatoms. The molecule has 0 N–H and O–H groups in total. The maximum absolute atomic E-state index is 11.2. The number of aryl methyl sites for hydroxylation is 2. The van der Waals surface area contributed by atoms with Gasteiger partial charge in [-0.1, -0.05) is 48.2 Å². The third-order valence-electron chi connectivity index (χ3n) is 6.28. The highest BCUT2D eigenvalue weighted by atomic mass is 32.2. The summed E-state index contributed by atoms with van der Waals surface area (Å²) in [5.41, 5.74) is 4.48. The molecule has 5 rings (SSSR count). The first kappa shape index (κ1) is 22.9. The SMILES string of the molecule is CCN1/C(=C\c2ccc3ccccc3[n+]2CCCS(=O)(=O)[O-])Sc2c1cc(C)c1ccccc21. The van der Waals surface area contributed by atoms with Crippen molar-refractivity contribution in [1.82, 2.24) is 0 Å². The maximum atomic E-state index is 11.2. The van der Waals surface area contributed by atoms with E-state index in [0.29, 0.717) is 6.54 Å². The number of anilines is 1. The van der Waals surface area contributed by atoms with Crippen LogP contribution in [0.25, 0.3) is 27.8 Å². The number of hydrogen-bond acceptors (Lipinski definition) is 5. The number of aromatic nitrogens is 1. The molecule has 0 bridgehead atoms. The molecule has 5 nitrogen and oxygen atoms in total. The van der Waals surface area contributed by atoms with Gasteiger partial charge in [-0.3, -0.25) is 0 Å². The molecular weight excluding hydrogens is 464 g/mol. The minimum absolute atomic E-state index is 0.273. The zero-order valence-electron chi connectivity index (χ0n) is 19.2. The molecule has 0 saturated heterocycles. The van der Waals surface area contributed by atoms with Crippen LogP contribution < -0.4 is 9.47 Å². The lowest BCUT2D eigenvalue weighted by Crippen LogP contribution is -2.39. The molecule has 0 unspecified atom stereocenters. The summed E-state index contributed by atoms with van der Waals surface area (Å²) in [4.78, 5) is 3.60. The molecule has 4 aromatic rings. The summed E-state index contributed by atoms with van der Waals surface area (Å²) in [6, 6.07) is 23.0. The van der Waals surface area contributed by atoms with Gasteiger partial charge in [0.2, 0.25) is 11.2 Å². The van der Waals surface area contributed by atoms with Crippen LogP contribution in [-0.4, -0.2) is 25.3 Å². The third-order valence-corrected chi connectivity index (χ3v) is 8.25. The Bertz CT molecular complexity index is 1540. The summed E-state index contributed by atoms with van der Waals surface area (Å²) >= 11 is 1.77. The fourth-order valence-corrected chi connectivity index (χ4v) is 6.48. The van der Waals surface area contributed by atoms with Crippen LogP contribution >= 0.6 is 11.8 Å². The Kier molecular flexibility index (Phi) is 6.10. The smallest absolute Gasteiger partial charge is 0.212 e. The molecule has 0 aliphatic carbocycles. The molecule has 0 radical (unpaired) electrons. The quantitative estimate of drug-likeness (QED) is 0.265. The van der Waals surface area contributed by atoms with Crippen molar-refractivity contribution in [2.75, 3.05) is 17.2 Å². The van der Waals surface area contributed by atoms with E-state index in [1.807, 2.05) is 24.3 Å². The number of benzene rings is 3. The number of hydrogen-bond donors (Lipinski definition) is 0. The Hall–Kier alpha value is -2.87. The Morgan fingerprint density at radius 3 is 2.53 bits per heavy atom. The van der Waals surface area contributed by atoms with Gasteiger partial charge in [0.15, 0.2) is 6.54 Å². The summed E-state index contributed by atoms with van der Waals surface area (Å²) in [6.45, 7) is 5.60. The predicted octanol–water partition coefficient (Wildman–Crippen LogP) is 5.45. The lowest BCUT2D eigenvalue weighted by Gasteiger charge is -2.19. The second-order valence-corrected chi connectivity index (χ2v) is 11.1. The summed E-state index contributed by atoms with van der Waals surface area (Å²) in [5, 5.41) is 4.74. The van der Waals surface area contributed by atoms with Crippen molar-refractivity contribution >= 4 is 55.3 Å². The van der Waals surface area contributed by atoms with Crippen molar-refractivity contribution in [2.24, 2.45) is 0 Å². The van der Waals surface area contributed by atoms with E-state index in [0.717, 1.165) is 28.2 Å². The van der Waals surface area contributed by atoms with Crippen LogP contribution in [-0.2, 0) is 16.7 Å². The van der Waals surface area contributed by atoms with Crippen LogP contribution in [0.1, 0.15) is 24.6 Å². The zero-order chi connectivity index (χ0) is 23.9. The molecule has 1 aliphatic rings. The van der Waals surface area contributed by atoms with Crippen LogP contribution in [0.2, 0.25) is 0 Å². The number of para-hydroxylation sites is 1. The minimum atomic E-state index is -4.25. The van der Waals surface area contributed by atoms with Crippen molar-refractivity contribution in [2.45, 2.75) is 31.7 Å². The summed E-state index contributed by atoms with van der Waals surface area (Å²) < 4.78 is 35.7. The molecule has 34 heavy (non-hydrogen) atoms. The normalized spacial score (nSPS) is 14.9. The molecule has 0 saturated carbocycles. The number of thioether (sulfide) groups is 1. The molecule has 0 atom stereocenters. The number of fused-ring (bicyclic) bond motifs is 4. The van der Waals surface area contributed by atoms with Crippen LogP contribution in [0.5, 0.6) is 0 Å². The average molecular weight is 491 g/mol. The summed E-state index contributed by atoms with van der Waals surface area (Å²) in [5.74, 6) is -0.369. The highest BCUT2D eigenvalue weighted by molar-refractivity contribution is 8.04. The number of nitrogens with zero attached hydrogens (tertiary/aromatic N) is 2. The molecule has 1 aromatic heterocycles. The molecule has 0 spiro atoms. The molecule has 2 heterocycles. The van der Waals surface area contributed by atoms with E-state index in [2.05, 4.69) is 71.9 Å². The Morgan fingerprint density at radius 1 is 1.03 bits per heavy atom. The van der Waals surface area contributed by atoms with E-state index >= 15 is 0 Å². The minimum Gasteiger partial charge on any atom is -0.748 e. The highest BCUT2D eigenvalue weighted by Crippen LogP contribution is 2.50. The molecule has 0 fully saturated rings. The van der Waals surface area contributed by atoms with Gasteiger partial charge >= 0.3 is 0 Å². The molecule has 1 aliphatic heterocycles. The maximum Gasteiger partial charge on any atom is 0.212 e. The topological polar surface area (TPSA) is 64.3 Å². The first-order chi connectivity index (χ1) is 16.4. The Labute approximate surface area is 204 Å². The Balaban J connectivity index is 1.61. The van der Waals surface area contributed by atoms with Gasteiger partial charge in [-0.05, 0) is 48.4 Å². The van der Waals surface area contributed by atoms with Gasteiger partial charge in [-0.2, -0.15) is 4.57 Å². The molecule has 174 valence electrons. The molecular formula is C27H26N2O3S2. The fraction of sp³-hybridized carbons (Fsp3) is 0.222. The second kappa shape index (κ2) is 9.06. The lowest BCUT2D eigenvalue weighted by atomic mass is 10.0. The van der Waals surface area contributed by atoms with Crippen LogP contribution in [0, 0.1) is 6.92 Å². The van der Waals surface area contributed by atoms with E-state index in [1.54, 1.807) is 11.8 Å². The number of pyridine rings is 1. The van der Waals surface area contributed by atoms with Crippen molar-refractivity contribution < 1.29 is 17.5 Å². The first-order valence-corrected chi connectivity index (χ1v) is 13.8. The van der Waals surface area contributed by atoms with Crippen LogP contribution in [0.3, 0.4) is 0 Å². The third kappa shape index (κ3) is 4.31. The van der Waals surface area contributed by atoms with Crippen molar-refractivity contribution in [1.29, 1.82) is 0 Å². The Morgan fingerprint density at radius 2 is 1.76 bits per heavy atom. The predicted molar refractivity (Wildman–Crippen MR) is 139 cm³/mol. The first-order valence-electron chi connectivity index (χ1n) is 11.4. The zero-order valence-corrected chi connectivity index (χ0v) is 20.8. The van der Waals surface area contributed by atoms with Gasteiger partial charge in [-0.25, -0.2) is 8.42 Å².